The van der Waals surface area contributed by atoms with Crippen LogP contribution < -0.4 is 0 Å². The Bertz CT molecular complexity index is 498. The lowest BCUT2D eigenvalue weighted by Gasteiger charge is -2.22. The maximum atomic E-state index is 5.55. The zero-order chi connectivity index (χ0) is 13.1. The van der Waals surface area contributed by atoms with Gasteiger partial charge >= 0.3 is 0 Å². The fourth-order valence-electron chi connectivity index (χ4n) is 2.36. The molecule has 100 valence electrons. The number of hydrogen-bond donors (Lipinski definition) is 0. The molecule has 0 saturated heterocycles. The zero-order valence-corrected chi connectivity index (χ0v) is 11.9. The molecule has 1 aromatic rings. The van der Waals surface area contributed by atoms with E-state index in [9.17, 15) is 0 Å². The molecule has 3 rings (SSSR count). The second kappa shape index (κ2) is 5.80. The molecule has 4 heteroatoms. The van der Waals surface area contributed by atoms with Gasteiger partial charge in [-0.3, -0.25) is 0 Å². The SMILES string of the molecule is CN1CCC=C(C2=NOC(Sc3ccccc3)C2)C1. The second-order valence-electron chi connectivity index (χ2n) is 4.96. The van der Waals surface area contributed by atoms with Gasteiger partial charge in [-0.1, -0.05) is 41.2 Å². The lowest BCUT2D eigenvalue weighted by atomic mass is 10.0. The van der Waals surface area contributed by atoms with Gasteiger partial charge in [0.2, 0.25) is 0 Å². The number of thioether (sulfide) groups is 1. The summed E-state index contributed by atoms with van der Waals surface area (Å²) < 4.78 is 0. The van der Waals surface area contributed by atoms with Crippen LogP contribution in [0.4, 0.5) is 0 Å². The smallest absolute Gasteiger partial charge is 0.183 e. The van der Waals surface area contributed by atoms with Crippen molar-refractivity contribution >= 4 is 17.5 Å². The summed E-state index contributed by atoms with van der Waals surface area (Å²) in [5.74, 6) is 0. The first kappa shape index (κ1) is 12.8. The molecule has 1 atom stereocenters. The third-order valence-electron chi connectivity index (χ3n) is 3.36. The molecule has 0 radical (unpaired) electrons. The Morgan fingerprint density at radius 3 is 2.95 bits per heavy atom. The number of rotatable bonds is 3. The summed E-state index contributed by atoms with van der Waals surface area (Å²) in [5.41, 5.74) is 2.58. The van der Waals surface area contributed by atoms with Crippen molar-refractivity contribution in [2.45, 2.75) is 23.2 Å². The molecular formula is C15H18N2OS. The van der Waals surface area contributed by atoms with Gasteiger partial charge < -0.3 is 9.74 Å². The minimum Gasteiger partial charge on any atom is -0.380 e. The molecule has 0 spiro atoms. The largest absolute Gasteiger partial charge is 0.380 e. The fraction of sp³-hybridized carbons (Fsp3) is 0.400. The Morgan fingerprint density at radius 1 is 1.32 bits per heavy atom. The minimum absolute atomic E-state index is 0.116. The van der Waals surface area contributed by atoms with Gasteiger partial charge in [0.1, 0.15) is 0 Å². The van der Waals surface area contributed by atoms with Gasteiger partial charge in [-0.15, -0.1) is 0 Å². The highest BCUT2D eigenvalue weighted by Crippen LogP contribution is 2.31. The van der Waals surface area contributed by atoms with E-state index >= 15 is 0 Å². The molecule has 1 unspecified atom stereocenters. The van der Waals surface area contributed by atoms with Crippen LogP contribution in [0.2, 0.25) is 0 Å². The maximum absolute atomic E-state index is 5.55. The highest BCUT2D eigenvalue weighted by Gasteiger charge is 2.25. The van der Waals surface area contributed by atoms with E-state index in [0.29, 0.717) is 0 Å². The van der Waals surface area contributed by atoms with Crippen molar-refractivity contribution < 1.29 is 4.84 Å². The van der Waals surface area contributed by atoms with Crippen molar-refractivity contribution in [2.75, 3.05) is 20.1 Å². The van der Waals surface area contributed by atoms with Crippen molar-refractivity contribution in [2.24, 2.45) is 5.16 Å². The minimum atomic E-state index is 0.116. The first-order chi connectivity index (χ1) is 9.31. The van der Waals surface area contributed by atoms with E-state index in [1.807, 2.05) is 6.07 Å². The number of benzene rings is 1. The van der Waals surface area contributed by atoms with E-state index in [1.54, 1.807) is 11.8 Å². The van der Waals surface area contributed by atoms with Gasteiger partial charge in [0.25, 0.3) is 0 Å². The monoisotopic (exact) mass is 274 g/mol. The van der Waals surface area contributed by atoms with Crippen molar-refractivity contribution in [3.05, 3.63) is 42.0 Å². The van der Waals surface area contributed by atoms with Crippen LogP contribution >= 0.6 is 11.8 Å². The van der Waals surface area contributed by atoms with Crippen LogP contribution in [0.15, 0.2) is 52.0 Å². The van der Waals surface area contributed by atoms with Gasteiger partial charge in [0.05, 0.1) is 5.71 Å². The fourth-order valence-corrected chi connectivity index (χ4v) is 3.31. The van der Waals surface area contributed by atoms with Crippen molar-refractivity contribution in [3.8, 4) is 0 Å². The Labute approximate surface area is 118 Å². The van der Waals surface area contributed by atoms with E-state index < -0.39 is 0 Å². The van der Waals surface area contributed by atoms with Gasteiger partial charge in [-0.2, -0.15) is 0 Å². The van der Waals surface area contributed by atoms with E-state index in [2.05, 4.69) is 47.4 Å². The number of likely N-dealkylation sites (N-methyl/N-ethyl adjacent to an activating group) is 1. The molecule has 0 saturated carbocycles. The molecule has 0 amide bonds. The summed E-state index contributed by atoms with van der Waals surface area (Å²) >= 11 is 1.74. The first-order valence-corrected chi connectivity index (χ1v) is 7.51. The van der Waals surface area contributed by atoms with Crippen molar-refractivity contribution in [1.82, 2.24) is 4.90 Å². The Balaban J connectivity index is 1.59. The van der Waals surface area contributed by atoms with E-state index in [1.165, 1.54) is 10.5 Å². The molecule has 0 aromatic heterocycles. The summed E-state index contributed by atoms with van der Waals surface area (Å²) in [5, 5.41) is 4.27. The lowest BCUT2D eigenvalue weighted by molar-refractivity contribution is 0.148. The predicted molar refractivity (Wildman–Crippen MR) is 79.4 cm³/mol. The van der Waals surface area contributed by atoms with Crippen LogP contribution in [0.25, 0.3) is 0 Å². The van der Waals surface area contributed by atoms with E-state index in [4.69, 9.17) is 4.84 Å². The maximum Gasteiger partial charge on any atom is 0.183 e. The second-order valence-corrected chi connectivity index (χ2v) is 6.20. The third kappa shape index (κ3) is 3.19. The highest BCUT2D eigenvalue weighted by atomic mass is 32.2. The van der Waals surface area contributed by atoms with Crippen LogP contribution in [0.1, 0.15) is 12.8 Å². The Kier molecular flexibility index (Phi) is 3.89. The summed E-state index contributed by atoms with van der Waals surface area (Å²) in [6.07, 6.45) is 4.32. The molecule has 0 N–H and O–H groups in total. The molecule has 19 heavy (non-hydrogen) atoms. The quantitative estimate of drug-likeness (QED) is 0.846. The van der Waals surface area contributed by atoms with Crippen molar-refractivity contribution in [1.29, 1.82) is 0 Å². The average Bonchev–Trinajstić information content (AvgIpc) is 2.88. The molecule has 2 aliphatic rings. The van der Waals surface area contributed by atoms with Crippen LogP contribution in [0.5, 0.6) is 0 Å². The van der Waals surface area contributed by atoms with Crippen LogP contribution in [-0.4, -0.2) is 36.2 Å². The van der Waals surface area contributed by atoms with Gasteiger partial charge in [-0.05, 0) is 31.2 Å². The van der Waals surface area contributed by atoms with Gasteiger partial charge in [0.15, 0.2) is 5.44 Å². The molecule has 3 nitrogen and oxygen atoms in total. The first-order valence-electron chi connectivity index (χ1n) is 6.63. The van der Waals surface area contributed by atoms with Crippen LogP contribution in [-0.2, 0) is 4.84 Å². The van der Waals surface area contributed by atoms with Crippen molar-refractivity contribution in [3.63, 3.8) is 0 Å². The average molecular weight is 274 g/mol. The number of nitrogens with zero attached hydrogens (tertiary/aromatic N) is 2. The molecule has 2 heterocycles. The Hall–Kier alpha value is -1.26. The zero-order valence-electron chi connectivity index (χ0n) is 11.1. The van der Waals surface area contributed by atoms with Crippen LogP contribution in [0, 0.1) is 0 Å². The molecule has 0 bridgehead atoms. The number of oxime groups is 1. The predicted octanol–water partition coefficient (Wildman–Crippen LogP) is 3.14. The normalized spacial score (nSPS) is 23.7. The standard InChI is InChI=1S/C15H18N2OS/c1-17-9-5-6-12(11-17)14-10-15(18-16-14)19-13-7-3-2-4-8-13/h2-4,6-8,15H,5,9-11H2,1H3. The van der Waals surface area contributed by atoms with Crippen LogP contribution in [0.3, 0.4) is 0 Å². The summed E-state index contributed by atoms with van der Waals surface area (Å²) in [7, 11) is 2.15. The van der Waals surface area contributed by atoms with Gasteiger partial charge in [-0.25, -0.2) is 0 Å². The topological polar surface area (TPSA) is 24.8 Å². The molecule has 1 aromatic carbocycles. The van der Waals surface area contributed by atoms with Gasteiger partial charge in [0, 0.05) is 24.4 Å². The molecule has 0 fully saturated rings. The summed E-state index contributed by atoms with van der Waals surface area (Å²) in [6, 6.07) is 10.4. The highest BCUT2D eigenvalue weighted by molar-refractivity contribution is 7.99. The van der Waals surface area contributed by atoms with E-state index in [-0.39, 0.29) is 5.44 Å². The summed E-state index contributed by atoms with van der Waals surface area (Å²) in [4.78, 5) is 9.11. The van der Waals surface area contributed by atoms with E-state index in [0.717, 1.165) is 31.6 Å². The Morgan fingerprint density at radius 2 is 2.16 bits per heavy atom. The third-order valence-corrected chi connectivity index (χ3v) is 4.42. The summed E-state index contributed by atoms with van der Waals surface area (Å²) in [6.45, 7) is 2.13. The molecule has 2 aliphatic heterocycles. The molecule has 0 aliphatic carbocycles. The molecular weight excluding hydrogens is 256 g/mol. The lowest BCUT2D eigenvalue weighted by Crippen LogP contribution is -2.28. The number of hydrogen-bond acceptors (Lipinski definition) is 4.